The van der Waals surface area contributed by atoms with Crippen LogP contribution in [-0.4, -0.2) is 35.7 Å². The molecule has 0 atom stereocenters. The smallest absolute Gasteiger partial charge is 0.485 e. The molecule has 0 heterocycles. The predicted molar refractivity (Wildman–Crippen MR) is 124 cm³/mol. The molecule has 0 fully saturated rings. The first-order valence-corrected chi connectivity index (χ1v) is 14.9. The molecule has 0 aromatic rings. The maximum atomic E-state index is 10.7. The van der Waals surface area contributed by atoms with Gasteiger partial charge in [0.2, 0.25) is 0 Å². The summed E-state index contributed by atoms with van der Waals surface area (Å²) < 4.78 is 58.9. The average Bonchev–Trinajstić information content (AvgIpc) is 2.65. The molecule has 30 heavy (non-hydrogen) atoms. The molecule has 0 N–H and O–H groups in total. The number of hydrogen-bond donors (Lipinski definition) is 0. The number of rotatable bonds is 18. The third-order valence-electron chi connectivity index (χ3n) is 4.89. The Bertz CT molecular complexity index is 422. The van der Waals surface area contributed by atoms with Crippen molar-refractivity contribution in [3.8, 4) is 0 Å². The second-order valence-corrected chi connectivity index (χ2v) is 11.7. The van der Waals surface area contributed by atoms with Gasteiger partial charge in [-0.15, -0.1) is 0 Å². The summed E-state index contributed by atoms with van der Waals surface area (Å²) in [5.41, 5.74) is -5.65. The van der Waals surface area contributed by atoms with Crippen molar-refractivity contribution in [1.29, 1.82) is 0 Å². The van der Waals surface area contributed by atoms with Gasteiger partial charge in [0.25, 0.3) is 0 Å². The fourth-order valence-electron chi connectivity index (χ4n) is 3.04. The first kappa shape index (κ1) is 32.2. The summed E-state index contributed by atoms with van der Waals surface area (Å²) in [7, 11) is -5.33. The Balaban J connectivity index is 0. The standard InChI is InChI=1S/C21H45S.CHF3O3S/c1-4-7-10-13-16-19-22(20-17-14-11-8-5-2)21-18-15-12-9-6-3;2-1(3,4)8(5,6)7/h4-21H2,1-3H3;(H,5,6,7)/q+1;/p-1. The lowest BCUT2D eigenvalue weighted by atomic mass is 10.2. The Morgan fingerprint density at radius 1 is 0.600 bits per heavy atom. The van der Waals surface area contributed by atoms with Gasteiger partial charge in [0.1, 0.15) is 17.3 Å². The molecule has 0 aromatic heterocycles. The summed E-state index contributed by atoms with van der Waals surface area (Å²) in [4.78, 5) is 0. The van der Waals surface area contributed by atoms with E-state index in [9.17, 15) is 13.2 Å². The van der Waals surface area contributed by atoms with E-state index in [4.69, 9.17) is 13.0 Å². The number of halogens is 3. The van der Waals surface area contributed by atoms with Crippen LogP contribution in [0.25, 0.3) is 0 Å². The van der Waals surface area contributed by atoms with Gasteiger partial charge in [-0.05, 0) is 49.4 Å². The van der Waals surface area contributed by atoms with Gasteiger partial charge in [-0.25, -0.2) is 8.42 Å². The molecule has 0 bridgehead atoms. The molecule has 0 amide bonds. The van der Waals surface area contributed by atoms with E-state index in [1.54, 1.807) is 17.3 Å². The lowest BCUT2D eigenvalue weighted by Gasteiger charge is -2.09. The molecule has 0 saturated heterocycles. The Labute approximate surface area is 187 Å². The number of alkyl halides is 3. The van der Waals surface area contributed by atoms with E-state index in [1.807, 2.05) is 0 Å². The topological polar surface area (TPSA) is 57.2 Å². The highest BCUT2D eigenvalue weighted by atomic mass is 32.2. The highest BCUT2D eigenvalue weighted by Crippen LogP contribution is 2.20. The van der Waals surface area contributed by atoms with Gasteiger partial charge in [0, 0.05) is 0 Å². The third kappa shape index (κ3) is 22.7. The summed E-state index contributed by atoms with van der Waals surface area (Å²) in [6.07, 6.45) is 21.9. The van der Waals surface area contributed by atoms with Crippen LogP contribution in [0.2, 0.25) is 0 Å². The molecule has 0 unspecified atom stereocenters. The minimum Gasteiger partial charge on any atom is -0.741 e. The Kier molecular flexibility index (Phi) is 22.5. The summed E-state index contributed by atoms with van der Waals surface area (Å²) in [5.74, 6) is 4.64. The van der Waals surface area contributed by atoms with Gasteiger partial charge in [-0.3, -0.25) is 0 Å². The van der Waals surface area contributed by atoms with Crippen molar-refractivity contribution < 1.29 is 26.1 Å². The summed E-state index contributed by atoms with van der Waals surface area (Å²) in [6, 6.07) is 0. The van der Waals surface area contributed by atoms with Crippen LogP contribution < -0.4 is 0 Å². The number of hydrogen-bond acceptors (Lipinski definition) is 3. The highest BCUT2D eigenvalue weighted by molar-refractivity contribution is 7.96. The van der Waals surface area contributed by atoms with Crippen LogP contribution in [0, 0.1) is 0 Å². The monoisotopic (exact) mass is 478 g/mol. The molecular formula is C22H45F3O3S2. The Morgan fingerprint density at radius 3 is 1.03 bits per heavy atom. The van der Waals surface area contributed by atoms with E-state index >= 15 is 0 Å². The summed E-state index contributed by atoms with van der Waals surface area (Å²) in [5, 5.41) is 0. The maximum Gasteiger partial charge on any atom is 0.485 e. The molecule has 0 aromatic carbocycles. The molecule has 0 aliphatic carbocycles. The third-order valence-corrected chi connectivity index (χ3v) is 8.06. The largest absolute Gasteiger partial charge is 0.741 e. The van der Waals surface area contributed by atoms with Crippen molar-refractivity contribution >= 4 is 21.0 Å². The highest BCUT2D eigenvalue weighted by Gasteiger charge is 2.36. The van der Waals surface area contributed by atoms with Crippen molar-refractivity contribution in [1.82, 2.24) is 0 Å². The zero-order valence-electron chi connectivity index (χ0n) is 19.4. The normalized spacial score (nSPS) is 12.1. The van der Waals surface area contributed by atoms with Crippen LogP contribution in [0.4, 0.5) is 13.2 Å². The SMILES string of the molecule is CCCCCCC[S+](CCCCCCC)CCCCCCC.O=S(=O)([O-])C(F)(F)F. The molecule has 3 nitrogen and oxygen atoms in total. The van der Waals surface area contributed by atoms with E-state index < -0.39 is 15.6 Å². The maximum absolute atomic E-state index is 10.7. The van der Waals surface area contributed by atoms with Crippen LogP contribution >= 0.6 is 0 Å². The Morgan fingerprint density at radius 2 is 0.833 bits per heavy atom. The first-order chi connectivity index (χ1) is 14.1. The van der Waals surface area contributed by atoms with Gasteiger partial charge in [-0.2, -0.15) is 13.2 Å². The molecular weight excluding hydrogens is 433 g/mol. The molecule has 0 spiro atoms. The molecule has 0 aliphatic rings. The van der Waals surface area contributed by atoms with E-state index in [1.165, 1.54) is 96.3 Å². The molecule has 0 radical (unpaired) electrons. The van der Waals surface area contributed by atoms with Gasteiger partial charge < -0.3 is 4.55 Å². The quantitative estimate of drug-likeness (QED) is 0.0883. The Hall–Kier alpha value is 0.0500. The average molecular weight is 479 g/mol. The van der Waals surface area contributed by atoms with Crippen LogP contribution in [-0.2, 0) is 21.0 Å². The minimum absolute atomic E-state index is 0.759. The molecule has 0 saturated carbocycles. The van der Waals surface area contributed by atoms with Crippen molar-refractivity contribution in [2.75, 3.05) is 17.3 Å². The van der Waals surface area contributed by atoms with Crippen LogP contribution in [0.5, 0.6) is 0 Å². The molecule has 8 heteroatoms. The molecule has 0 rings (SSSR count). The lowest BCUT2D eigenvalue weighted by Crippen LogP contribution is -2.21. The van der Waals surface area contributed by atoms with E-state index in [-0.39, 0.29) is 0 Å². The summed E-state index contributed by atoms with van der Waals surface area (Å²) >= 11 is 0. The first-order valence-electron chi connectivity index (χ1n) is 11.8. The summed E-state index contributed by atoms with van der Waals surface area (Å²) in [6.45, 7) is 6.95. The van der Waals surface area contributed by atoms with Crippen LogP contribution in [0.1, 0.15) is 117 Å². The van der Waals surface area contributed by atoms with Crippen molar-refractivity contribution in [2.45, 2.75) is 123 Å². The second-order valence-electron chi connectivity index (χ2n) is 7.87. The zero-order chi connectivity index (χ0) is 23.3. The van der Waals surface area contributed by atoms with Gasteiger partial charge in [0.05, 0.1) is 0 Å². The minimum atomic E-state index is -6.09. The number of unbranched alkanes of at least 4 members (excludes halogenated alkanes) is 12. The fourth-order valence-corrected chi connectivity index (χ4v) is 5.48. The predicted octanol–water partition coefficient (Wildman–Crippen LogP) is 7.57. The van der Waals surface area contributed by atoms with Crippen LogP contribution in [0.3, 0.4) is 0 Å². The van der Waals surface area contributed by atoms with Crippen molar-refractivity contribution in [3.63, 3.8) is 0 Å². The van der Waals surface area contributed by atoms with Gasteiger partial charge in [0.15, 0.2) is 10.1 Å². The van der Waals surface area contributed by atoms with E-state index in [2.05, 4.69) is 20.8 Å². The van der Waals surface area contributed by atoms with Gasteiger partial charge >= 0.3 is 5.51 Å². The van der Waals surface area contributed by atoms with E-state index in [0.29, 0.717) is 0 Å². The molecule has 0 aliphatic heterocycles. The van der Waals surface area contributed by atoms with Crippen LogP contribution in [0.15, 0.2) is 0 Å². The second kappa shape index (κ2) is 20.9. The van der Waals surface area contributed by atoms with Crippen molar-refractivity contribution in [3.05, 3.63) is 0 Å². The fraction of sp³-hybridized carbons (Fsp3) is 1.00. The van der Waals surface area contributed by atoms with Gasteiger partial charge in [-0.1, -0.05) is 78.6 Å². The lowest BCUT2D eigenvalue weighted by molar-refractivity contribution is -0.0517. The molecule has 184 valence electrons. The van der Waals surface area contributed by atoms with Crippen molar-refractivity contribution in [2.24, 2.45) is 0 Å². The van der Waals surface area contributed by atoms with E-state index in [0.717, 1.165) is 10.9 Å². The zero-order valence-corrected chi connectivity index (χ0v) is 21.0.